The Morgan fingerprint density at radius 2 is 1.97 bits per heavy atom. The molecule has 3 nitrogen and oxygen atoms in total. The molecular weight excluding hydrogens is 390 g/mol. The maximum Gasteiger partial charge on any atom is 0.226 e. The van der Waals surface area contributed by atoms with E-state index in [9.17, 15) is 13.6 Å². The second kappa shape index (κ2) is 8.44. The predicted molar refractivity (Wildman–Crippen MR) is 114 cm³/mol. The van der Waals surface area contributed by atoms with Crippen molar-refractivity contribution in [3.63, 3.8) is 0 Å². The molecular formula is C23H26F2N2OS. The van der Waals surface area contributed by atoms with Gasteiger partial charge in [0, 0.05) is 25.0 Å². The summed E-state index contributed by atoms with van der Waals surface area (Å²) in [6.07, 6.45) is 4.81. The van der Waals surface area contributed by atoms with Crippen LogP contribution in [0.25, 0.3) is 11.1 Å². The van der Waals surface area contributed by atoms with Gasteiger partial charge < -0.3 is 4.90 Å². The molecule has 0 radical (unpaired) electrons. The largest absolute Gasteiger partial charge is 0.341 e. The second-order valence-electron chi connectivity index (χ2n) is 8.08. The lowest BCUT2D eigenvalue weighted by Gasteiger charge is -2.33. The molecule has 0 spiro atoms. The maximum atomic E-state index is 14.5. The molecule has 6 heteroatoms. The average Bonchev–Trinajstić information content (AvgIpc) is 3.48. The summed E-state index contributed by atoms with van der Waals surface area (Å²) >= 11 is 1.59. The molecule has 2 aromatic carbocycles. The Bertz CT molecular complexity index is 897. The first-order valence-corrected chi connectivity index (χ1v) is 11.3. The number of amides is 1. The Morgan fingerprint density at radius 3 is 2.69 bits per heavy atom. The van der Waals surface area contributed by atoms with Crippen LogP contribution in [-0.2, 0) is 4.79 Å². The Hall–Kier alpha value is -1.92. The Morgan fingerprint density at radius 1 is 1.21 bits per heavy atom. The first-order valence-electron chi connectivity index (χ1n) is 10.1. The Labute approximate surface area is 175 Å². The number of piperidine rings is 1. The third kappa shape index (κ3) is 4.19. The van der Waals surface area contributed by atoms with E-state index in [0.29, 0.717) is 11.6 Å². The molecule has 2 aromatic rings. The summed E-state index contributed by atoms with van der Waals surface area (Å²) < 4.78 is 32.3. The van der Waals surface area contributed by atoms with Crippen molar-refractivity contribution in [2.75, 3.05) is 19.3 Å². The summed E-state index contributed by atoms with van der Waals surface area (Å²) in [6.45, 7) is 3.43. The summed E-state index contributed by atoms with van der Waals surface area (Å²) in [7, 11) is 0. The molecule has 1 heterocycles. The van der Waals surface area contributed by atoms with Crippen LogP contribution in [0.15, 0.2) is 36.4 Å². The van der Waals surface area contributed by atoms with Crippen molar-refractivity contribution in [1.29, 1.82) is 0 Å². The number of hydrogen-bond acceptors (Lipinski definition) is 3. The first-order chi connectivity index (χ1) is 14.0. The van der Waals surface area contributed by atoms with Crippen molar-refractivity contribution in [2.45, 2.75) is 38.1 Å². The third-order valence-corrected chi connectivity index (χ3v) is 6.53. The molecule has 1 saturated carbocycles. The highest BCUT2D eigenvalue weighted by Gasteiger charge is 2.47. The van der Waals surface area contributed by atoms with Crippen LogP contribution in [0.2, 0.25) is 0 Å². The van der Waals surface area contributed by atoms with Gasteiger partial charge in [0.1, 0.15) is 11.6 Å². The van der Waals surface area contributed by atoms with Gasteiger partial charge >= 0.3 is 0 Å². The number of hydrogen-bond donors (Lipinski definition) is 1. The lowest BCUT2D eigenvalue weighted by atomic mass is 9.93. The minimum Gasteiger partial charge on any atom is -0.341 e. The predicted octanol–water partition coefficient (Wildman–Crippen LogP) is 4.90. The zero-order valence-electron chi connectivity index (χ0n) is 16.8. The van der Waals surface area contributed by atoms with Crippen molar-refractivity contribution >= 4 is 17.9 Å². The summed E-state index contributed by atoms with van der Waals surface area (Å²) in [5.74, 6) is -1.04. The number of likely N-dealkylation sites (tertiary alicyclic amines) is 1. The molecule has 0 aromatic heterocycles. The molecule has 1 aliphatic carbocycles. The molecule has 3 unspecified atom stereocenters. The molecule has 1 saturated heterocycles. The first kappa shape index (κ1) is 20.4. The Kier molecular flexibility index (Phi) is 5.93. The van der Waals surface area contributed by atoms with E-state index in [2.05, 4.69) is 4.72 Å². The van der Waals surface area contributed by atoms with Crippen LogP contribution < -0.4 is 4.72 Å². The summed E-state index contributed by atoms with van der Waals surface area (Å²) in [6, 6.07) is 9.99. The third-order valence-electron chi connectivity index (χ3n) is 5.97. The number of carbonyl (C=O) groups excluding carboxylic acids is 1. The van der Waals surface area contributed by atoms with E-state index in [1.807, 2.05) is 36.3 Å². The van der Waals surface area contributed by atoms with Gasteiger partial charge in [0.15, 0.2) is 0 Å². The van der Waals surface area contributed by atoms with Crippen molar-refractivity contribution in [2.24, 2.45) is 5.92 Å². The topological polar surface area (TPSA) is 32.3 Å². The highest BCUT2D eigenvalue weighted by atomic mass is 32.2. The minimum absolute atomic E-state index is 0.00602. The molecule has 2 fully saturated rings. The number of nitrogens with zero attached hydrogens (tertiary/aromatic N) is 1. The Balaban J connectivity index is 1.57. The zero-order valence-corrected chi connectivity index (χ0v) is 17.6. The molecule has 29 heavy (non-hydrogen) atoms. The van der Waals surface area contributed by atoms with Crippen LogP contribution >= 0.6 is 11.9 Å². The number of nitrogens with one attached hydrogen (secondary N) is 1. The fourth-order valence-corrected chi connectivity index (χ4v) is 4.98. The van der Waals surface area contributed by atoms with E-state index in [4.69, 9.17) is 0 Å². The number of carbonyl (C=O) groups is 1. The van der Waals surface area contributed by atoms with Gasteiger partial charge in [0.2, 0.25) is 5.91 Å². The highest BCUT2D eigenvalue weighted by Crippen LogP contribution is 2.52. The van der Waals surface area contributed by atoms with Gasteiger partial charge in [-0.3, -0.25) is 9.52 Å². The van der Waals surface area contributed by atoms with Crippen LogP contribution in [0.3, 0.4) is 0 Å². The average molecular weight is 417 g/mol. The quantitative estimate of drug-likeness (QED) is 0.704. The van der Waals surface area contributed by atoms with Crippen molar-refractivity contribution in [1.82, 2.24) is 9.62 Å². The van der Waals surface area contributed by atoms with E-state index in [1.165, 1.54) is 18.2 Å². The zero-order chi connectivity index (χ0) is 20.5. The molecule has 154 valence electrons. The van der Waals surface area contributed by atoms with Crippen LogP contribution in [0.5, 0.6) is 0 Å². The van der Waals surface area contributed by atoms with E-state index in [0.717, 1.165) is 43.5 Å². The van der Waals surface area contributed by atoms with Gasteiger partial charge in [-0.25, -0.2) is 8.78 Å². The monoisotopic (exact) mass is 416 g/mol. The lowest BCUT2D eigenvalue weighted by Crippen LogP contribution is -2.46. The normalized spacial score (nSPS) is 23.9. The molecule has 4 rings (SSSR count). The molecule has 2 aliphatic rings. The van der Waals surface area contributed by atoms with E-state index in [1.54, 1.807) is 11.9 Å². The standard InChI is InChI=1S/C23H26F2N2OS/c1-14-8-9-16(18(11-14)22-20(24)6-3-7-21(22)25)17-12-19(17)23(28)27-10-4-5-15(13-27)26-29-2/h3,6-9,11,15,17,19,26H,4-5,10,12-13H2,1-2H3. The van der Waals surface area contributed by atoms with Crippen molar-refractivity contribution in [3.8, 4) is 11.1 Å². The maximum absolute atomic E-state index is 14.5. The van der Waals surface area contributed by atoms with E-state index >= 15 is 0 Å². The lowest BCUT2D eigenvalue weighted by molar-refractivity contribution is -0.133. The van der Waals surface area contributed by atoms with Crippen LogP contribution in [0.4, 0.5) is 8.78 Å². The van der Waals surface area contributed by atoms with Gasteiger partial charge in [0.25, 0.3) is 0 Å². The highest BCUT2D eigenvalue weighted by molar-refractivity contribution is 7.96. The summed E-state index contributed by atoms with van der Waals surface area (Å²) in [5, 5.41) is 0. The van der Waals surface area contributed by atoms with Gasteiger partial charge in [-0.1, -0.05) is 41.8 Å². The van der Waals surface area contributed by atoms with E-state index in [-0.39, 0.29) is 23.3 Å². The molecule has 0 bridgehead atoms. The summed E-state index contributed by atoms with van der Waals surface area (Å²) in [5.41, 5.74) is 2.39. The minimum atomic E-state index is -0.567. The van der Waals surface area contributed by atoms with Gasteiger partial charge in [-0.15, -0.1) is 0 Å². The fraction of sp³-hybridized carbons (Fsp3) is 0.435. The molecule has 1 aliphatic heterocycles. The van der Waals surface area contributed by atoms with Crippen molar-refractivity contribution < 1.29 is 13.6 Å². The fourth-order valence-electron chi connectivity index (χ4n) is 4.45. The van der Waals surface area contributed by atoms with E-state index < -0.39 is 11.6 Å². The second-order valence-corrected chi connectivity index (χ2v) is 8.73. The smallest absolute Gasteiger partial charge is 0.226 e. The van der Waals surface area contributed by atoms with Gasteiger partial charge in [-0.05, 0) is 61.6 Å². The van der Waals surface area contributed by atoms with Crippen LogP contribution in [0.1, 0.15) is 36.3 Å². The van der Waals surface area contributed by atoms with Crippen molar-refractivity contribution in [3.05, 3.63) is 59.2 Å². The molecule has 1 amide bonds. The SMILES string of the molecule is CSNC1CCCN(C(=O)C2CC2c2ccc(C)cc2-c2c(F)cccc2F)C1. The van der Waals surface area contributed by atoms with Gasteiger partial charge in [0.05, 0.1) is 5.56 Å². The van der Waals surface area contributed by atoms with Crippen LogP contribution in [0, 0.1) is 24.5 Å². The number of rotatable bonds is 5. The molecule has 1 N–H and O–H groups in total. The summed E-state index contributed by atoms with van der Waals surface area (Å²) in [4.78, 5) is 15.0. The van der Waals surface area contributed by atoms with Gasteiger partial charge in [-0.2, -0.15) is 0 Å². The number of halogens is 2. The van der Waals surface area contributed by atoms with Crippen LogP contribution in [-0.4, -0.2) is 36.2 Å². The number of benzene rings is 2. The number of aryl methyl sites for hydroxylation is 1. The molecule has 3 atom stereocenters.